The van der Waals surface area contributed by atoms with Crippen LogP contribution in [0.2, 0.25) is 0 Å². The van der Waals surface area contributed by atoms with Gasteiger partial charge in [-0.1, -0.05) is 24.3 Å². The molecule has 1 aromatic heterocycles. The molecule has 3 aromatic rings. The Kier molecular flexibility index (Phi) is 4.01. The lowest BCUT2D eigenvalue weighted by Crippen LogP contribution is -2.36. The molecule has 2 aromatic carbocycles. The van der Waals surface area contributed by atoms with Crippen LogP contribution >= 0.6 is 0 Å². The Morgan fingerprint density at radius 2 is 1.58 bits per heavy atom. The number of morpholine rings is 1. The van der Waals surface area contributed by atoms with E-state index in [4.69, 9.17) is 4.74 Å². The predicted molar refractivity (Wildman–Crippen MR) is 92.0 cm³/mol. The zero-order valence-corrected chi connectivity index (χ0v) is 13.2. The third-order valence-electron chi connectivity index (χ3n) is 4.25. The van der Waals surface area contributed by atoms with E-state index >= 15 is 0 Å². The van der Waals surface area contributed by atoms with Gasteiger partial charge in [0, 0.05) is 18.7 Å². The van der Waals surface area contributed by atoms with Gasteiger partial charge in [-0.25, -0.2) is 9.07 Å². The van der Waals surface area contributed by atoms with Crippen molar-refractivity contribution < 1.29 is 9.13 Å². The predicted octanol–water partition coefficient (Wildman–Crippen LogP) is 3.52. The van der Waals surface area contributed by atoms with Gasteiger partial charge in [0.05, 0.1) is 36.5 Å². The highest BCUT2D eigenvalue weighted by Crippen LogP contribution is 2.30. The largest absolute Gasteiger partial charge is 0.378 e. The van der Waals surface area contributed by atoms with Crippen molar-refractivity contribution in [2.24, 2.45) is 0 Å². The fourth-order valence-electron chi connectivity index (χ4n) is 3.08. The topological polar surface area (TPSA) is 30.3 Å². The molecule has 1 aliphatic heterocycles. The molecule has 24 heavy (non-hydrogen) atoms. The van der Waals surface area contributed by atoms with Gasteiger partial charge in [0.1, 0.15) is 5.82 Å². The molecule has 2 heterocycles. The second kappa shape index (κ2) is 6.45. The summed E-state index contributed by atoms with van der Waals surface area (Å²) in [5, 5.41) is 4.45. The number of hydrogen-bond acceptors (Lipinski definition) is 3. The first-order valence-corrected chi connectivity index (χ1v) is 8.05. The zero-order chi connectivity index (χ0) is 16.4. The summed E-state index contributed by atoms with van der Waals surface area (Å²) >= 11 is 0. The first kappa shape index (κ1) is 14.9. The van der Waals surface area contributed by atoms with E-state index in [2.05, 4.69) is 16.1 Å². The van der Waals surface area contributed by atoms with Crippen LogP contribution in [0.25, 0.3) is 16.9 Å². The molecule has 4 rings (SSSR count). The highest BCUT2D eigenvalue weighted by Gasteiger charge is 2.18. The van der Waals surface area contributed by atoms with Gasteiger partial charge in [-0.15, -0.1) is 0 Å². The monoisotopic (exact) mass is 323 g/mol. The van der Waals surface area contributed by atoms with E-state index in [-0.39, 0.29) is 5.82 Å². The van der Waals surface area contributed by atoms with Crippen molar-refractivity contribution >= 4 is 5.69 Å². The Balaban J connectivity index is 1.81. The summed E-state index contributed by atoms with van der Waals surface area (Å²) in [6, 6.07) is 16.7. The van der Waals surface area contributed by atoms with Gasteiger partial charge in [0.2, 0.25) is 0 Å². The van der Waals surface area contributed by atoms with E-state index in [0.717, 1.165) is 30.2 Å². The van der Waals surface area contributed by atoms with Crippen molar-refractivity contribution in [3.05, 3.63) is 66.6 Å². The van der Waals surface area contributed by atoms with Gasteiger partial charge in [0.15, 0.2) is 0 Å². The highest BCUT2D eigenvalue weighted by atomic mass is 19.1. The van der Waals surface area contributed by atoms with Gasteiger partial charge < -0.3 is 9.64 Å². The standard InChI is InChI=1S/C19H18FN3O/c20-16-6-2-1-5-15(16)17-9-10-21-23(17)19-8-4-3-7-18(19)22-11-13-24-14-12-22/h1-10H,11-14H2. The molecule has 4 nitrogen and oxygen atoms in total. The summed E-state index contributed by atoms with van der Waals surface area (Å²) in [7, 11) is 0. The SMILES string of the molecule is Fc1ccccc1-c1ccnn1-c1ccccc1N1CCOCC1. The van der Waals surface area contributed by atoms with E-state index in [0.29, 0.717) is 18.8 Å². The first-order chi connectivity index (χ1) is 11.8. The van der Waals surface area contributed by atoms with Crippen molar-refractivity contribution in [1.82, 2.24) is 9.78 Å². The fraction of sp³-hybridized carbons (Fsp3) is 0.211. The molecule has 0 spiro atoms. The van der Waals surface area contributed by atoms with Crippen LogP contribution in [0, 0.1) is 5.82 Å². The van der Waals surface area contributed by atoms with Crippen molar-refractivity contribution in [3.8, 4) is 16.9 Å². The normalized spacial score (nSPS) is 14.8. The van der Waals surface area contributed by atoms with Crippen molar-refractivity contribution in [3.63, 3.8) is 0 Å². The molecule has 0 saturated carbocycles. The van der Waals surface area contributed by atoms with Crippen LogP contribution < -0.4 is 4.90 Å². The molecule has 1 saturated heterocycles. The number of rotatable bonds is 3. The highest BCUT2D eigenvalue weighted by molar-refractivity contribution is 5.69. The molecule has 122 valence electrons. The Morgan fingerprint density at radius 3 is 2.38 bits per heavy atom. The summed E-state index contributed by atoms with van der Waals surface area (Å²) in [5.41, 5.74) is 3.32. The first-order valence-electron chi connectivity index (χ1n) is 8.05. The van der Waals surface area contributed by atoms with E-state index in [1.807, 2.05) is 35.0 Å². The lowest BCUT2D eigenvalue weighted by atomic mass is 10.1. The van der Waals surface area contributed by atoms with E-state index in [1.165, 1.54) is 6.07 Å². The summed E-state index contributed by atoms with van der Waals surface area (Å²) in [6.07, 6.45) is 1.71. The molecule has 1 fully saturated rings. The number of halogens is 1. The fourth-order valence-corrected chi connectivity index (χ4v) is 3.08. The van der Waals surface area contributed by atoms with Crippen LogP contribution in [-0.4, -0.2) is 36.1 Å². The van der Waals surface area contributed by atoms with E-state index in [1.54, 1.807) is 18.3 Å². The van der Waals surface area contributed by atoms with Crippen molar-refractivity contribution in [2.45, 2.75) is 0 Å². The van der Waals surface area contributed by atoms with Crippen LogP contribution in [0.3, 0.4) is 0 Å². The van der Waals surface area contributed by atoms with Crippen LogP contribution in [0.4, 0.5) is 10.1 Å². The summed E-state index contributed by atoms with van der Waals surface area (Å²) in [4.78, 5) is 2.28. The molecular weight excluding hydrogens is 305 g/mol. The quantitative estimate of drug-likeness (QED) is 0.739. The maximum absolute atomic E-state index is 14.2. The molecule has 1 aliphatic rings. The van der Waals surface area contributed by atoms with Crippen LogP contribution in [0.5, 0.6) is 0 Å². The smallest absolute Gasteiger partial charge is 0.132 e. The van der Waals surface area contributed by atoms with Crippen molar-refractivity contribution in [1.29, 1.82) is 0 Å². The Hall–Kier alpha value is -2.66. The maximum Gasteiger partial charge on any atom is 0.132 e. The lowest BCUT2D eigenvalue weighted by Gasteiger charge is -2.30. The molecule has 0 radical (unpaired) electrons. The molecule has 0 amide bonds. The number of para-hydroxylation sites is 2. The molecular formula is C19H18FN3O. The van der Waals surface area contributed by atoms with Crippen LogP contribution in [0.15, 0.2) is 60.8 Å². The Morgan fingerprint density at radius 1 is 0.875 bits per heavy atom. The Labute approximate surface area is 140 Å². The second-order valence-electron chi connectivity index (χ2n) is 5.70. The molecule has 5 heteroatoms. The van der Waals surface area contributed by atoms with Crippen LogP contribution in [0.1, 0.15) is 0 Å². The average molecular weight is 323 g/mol. The van der Waals surface area contributed by atoms with Gasteiger partial charge in [-0.2, -0.15) is 5.10 Å². The number of ether oxygens (including phenoxy) is 1. The molecule has 0 N–H and O–H groups in total. The second-order valence-corrected chi connectivity index (χ2v) is 5.70. The molecule has 0 atom stereocenters. The average Bonchev–Trinajstić information content (AvgIpc) is 3.12. The minimum Gasteiger partial charge on any atom is -0.378 e. The third kappa shape index (κ3) is 2.67. The number of anilines is 1. The lowest BCUT2D eigenvalue weighted by molar-refractivity contribution is 0.122. The van der Waals surface area contributed by atoms with Gasteiger partial charge in [-0.3, -0.25) is 0 Å². The summed E-state index contributed by atoms with van der Waals surface area (Å²) in [5.74, 6) is -0.247. The van der Waals surface area contributed by atoms with Crippen molar-refractivity contribution in [2.75, 3.05) is 31.2 Å². The molecule has 0 bridgehead atoms. The Bertz CT molecular complexity index is 840. The van der Waals surface area contributed by atoms with E-state index in [9.17, 15) is 4.39 Å². The van der Waals surface area contributed by atoms with Gasteiger partial charge in [0.25, 0.3) is 0 Å². The summed E-state index contributed by atoms with van der Waals surface area (Å²) in [6.45, 7) is 3.11. The van der Waals surface area contributed by atoms with E-state index < -0.39 is 0 Å². The van der Waals surface area contributed by atoms with Crippen LogP contribution in [-0.2, 0) is 4.74 Å². The number of nitrogens with zero attached hydrogens (tertiary/aromatic N) is 3. The molecule has 0 aliphatic carbocycles. The number of benzene rings is 2. The maximum atomic E-state index is 14.2. The minimum absolute atomic E-state index is 0.247. The number of hydrogen-bond donors (Lipinski definition) is 0. The third-order valence-corrected chi connectivity index (χ3v) is 4.25. The molecule has 0 unspecified atom stereocenters. The van der Waals surface area contributed by atoms with Gasteiger partial charge in [-0.05, 0) is 30.3 Å². The minimum atomic E-state index is -0.247. The summed E-state index contributed by atoms with van der Waals surface area (Å²) < 4.78 is 21.5. The number of aromatic nitrogens is 2. The van der Waals surface area contributed by atoms with Gasteiger partial charge >= 0.3 is 0 Å². The zero-order valence-electron chi connectivity index (χ0n) is 13.2.